The molecule has 0 aliphatic carbocycles. The number of amides is 1. The monoisotopic (exact) mass is 405 g/mol. The number of carbonyl (C=O) groups is 1. The Morgan fingerprint density at radius 2 is 2.07 bits per heavy atom. The van der Waals surface area contributed by atoms with E-state index in [1.54, 1.807) is 25.1 Å². The molecule has 1 amide bonds. The van der Waals surface area contributed by atoms with Crippen molar-refractivity contribution in [2.75, 3.05) is 5.32 Å². The molecule has 0 unspecified atom stereocenters. The number of nitrogens with one attached hydrogen (secondary N) is 1. The van der Waals surface area contributed by atoms with Gasteiger partial charge in [-0.3, -0.25) is 20.2 Å². The molecule has 2 aromatic carbocycles. The van der Waals surface area contributed by atoms with Gasteiger partial charge >= 0.3 is 0 Å². The molecule has 27 heavy (non-hydrogen) atoms. The van der Waals surface area contributed by atoms with Crippen LogP contribution in [0, 0.1) is 22.9 Å². The molecule has 6 nitrogen and oxygen atoms in total. The van der Waals surface area contributed by atoms with E-state index in [-0.39, 0.29) is 22.1 Å². The lowest BCUT2D eigenvalue weighted by Crippen LogP contribution is -2.12. The fourth-order valence-electron chi connectivity index (χ4n) is 2.43. The van der Waals surface area contributed by atoms with Crippen molar-refractivity contribution in [2.24, 2.45) is 0 Å². The van der Waals surface area contributed by atoms with Gasteiger partial charge in [0.25, 0.3) is 11.6 Å². The molecule has 1 aromatic heterocycles. The number of carbonyl (C=O) groups excluding carboxylic acids is 1. The van der Waals surface area contributed by atoms with Crippen molar-refractivity contribution in [1.82, 2.24) is 4.98 Å². The molecule has 0 saturated carbocycles. The summed E-state index contributed by atoms with van der Waals surface area (Å²) < 4.78 is 13.8. The standard InChI is InChI=1S/C18H13ClFN3O3S/c1-10-16(8-11-4-2-3-5-15(11)20)27-18(21-10)22-17(24)13-9-12(23(25)26)6-7-14(13)19/h2-7,9H,8H2,1H3,(H,21,22,24). The fourth-order valence-corrected chi connectivity index (χ4v) is 3.61. The SMILES string of the molecule is Cc1nc(NC(=O)c2cc([N+](=O)[O-])ccc2Cl)sc1Cc1ccccc1F. The van der Waals surface area contributed by atoms with Gasteiger partial charge in [-0.1, -0.05) is 29.8 Å². The molecular weight excluding hydrogens is 393 g/mol. The average Bonchev–Trinajstić information content (AvgIpc) is 2.96. The largest absolute Gasteiger partial charge is 0.298 e. The number of nitro benzene ring substituents is 1. The molecule has 1 N–H and O–H groups in total. The molecule has 9 heteroatoms. The zero-order valence-electron chi connectivity index (χ0n) is 14.0. The van der Waals surface area contributed by atoms with E-state index in [4.69, 9.17) is 11.6 Å². The molecule has 0 bridgehead atoms. The number of aromatic nitrogens is 1. The molecule has 0 saturated heterocycles. The molecule has 3 aromatic rings. The van der Waals surface area contributed by atoms with Crippen LogP contribution in [-0.2, 0) is 6.42 Å². The number of benzene rings is 2. The Hall–Kier alpha value is -2.84. The van der Waals surface area contributed by atoms with Gasteiger partial charge in [0.2, 0.25) is 0 Å². The highest BCUT2D eigenvalue weighted by Gasteiger charge is 2.18. The molecule has 0 atom stereocenters. The molecule has 1 heterocycles. The zero-order chi connectivity index (χ0) is 19.6. The molecule has 0 spiro atoms. The smallest absolute Gasteiger partial charge is 0.270 e. The normalized spacial score (nSPS) is 10.6. The van der Waals surface area contributed by atoms with Crippen LogP contribution < -0.4 is 5.32 Å². The molecule has 0 aliphatic heterocycles. The first kappa shape index (κ1) is 18.9. The number of rotatable bonds is 5. The van der Waals surface area contributed by atoms with Crippen LogP contribution in [0.2, 0.25) is 5.02 Å². The van der Waals surface area contributed by atoms with E-state index >= 15 is 0 Å². The van der Waals surface area contributed by atoms with E-state index < -0.39 is 10.8 Å². The second-order valence-electron chi connectivity index (χ2n) is 5.67. The minimum atomic E-state index is -0.604. The second-order valence-corrected chi connectivity index (χ2v) is 7.16. The number of hydrogen-bond donors (Lipinski definition) is 1. The number of aryl methyl sites for hydroxylation is 1. The Kier molecular flexibility index (Phi) is 5.48. The van der Waals surface area contributed by atoms with E-state index in [0.717, 1.165) is 10.9 Å². The molecule has 0 aliphatic rings. The third-order valence-corrected chi connectivity index (χ3v) is 5.23. The van der Waals surface area contributed by atoms with Gasteiger partial charge in [0, 0.05) is 23.4 Å². The van der Waals surface area contributed by atoms with Crippen LogP contribution in [-0.4, -0.2) is 15.8 Å². The van der Waals surface area contributed by atoms with Crippen molar-refractivity contribution in [3.63, 3.8) is 0 Å². The maximum absolute atomic E-state index is 13.8. The lowest BCUT2D eigenvalue weighted by atomic mass is 10.1. The first-order valence-electron chi connectivity index (χ1n) is 7.80. The van der Waals surface area contributed by atoms with E-state index in [0.29, 0.717) is 22.8 Å². The van der Waals surface area contributed by atoms with Gasteiger partial charge in [-0.15, -0.1) is 11.3 Å². The van der Waals surface area contributed by atoms with Gasteiger partial charge in [0.1, 0.15) is 5.82 Å². The van der Waals surface area contributed by atoms with Gasteiger partial charge < -0.3 is 0 Å². The fraction of sp³-hybridized carbons (Fsp3) is 0.111. The molecule has 3 rings (SSSR count). The van der Waals surface area contributed by atoms with Gasteiger partial charge in [-0.05, 0) is 24.6 Å². The van der Waals surface area contributed by atoms with Crippen molar-refractivity contribution in [2.45, 2.75) is 13.3 Å². The minimum absolute atomic E-state index is 0.0191. The first-order chi connectivity index (χ1) is 12.8. The number of nitro groups is 1. The lowest BCUT2D eigenvalue weighted by molar-refractivity contribution is -0.384. The third-order valence-electron chi connectivity index (χ3n) is 3.83. The Bertz CT molecular complexity index is 1040. The summed E-state index contributed by atoms with van der Waals surface area (Å²) in [6, 6.07) is 10.1. The Morgan fingerprint density at radius 1 is 1.33 bits per heavy atom. The highest BCUT2D eigenvalue weighted by atomic mass is 35.5. The summed E-state index contributed by atoms with van der Waals surface area (Å²) in [6.07, 6.45) is 0.351. The zero-order valence-corrected chi connectivity index (χ0v) is 15.6. The van der Waals surface area contributed by atoms with Crippen LogP contribution in [0.5, 0.6) is 0 Å². The summed E-state index contributed by atoms with van der Waals surface area (Å²) in [6.45, 7) is 1.77. The number of anilines is 1. The number of halogens is 2. The minimum Gasteiger partial charge on any atom is -0.298 e. The van der Waals surface area contributed by atoms with Crippen LogP contribution in [0.1, 0.15) is 26.5 Å². The van der Waals surface area contributed by atoms with Crippen molar-refractivity contribution >= 4 is 39.7 Å². The van der Waals surface area contributed by atoms with Crippen LogP contribution in [0.15, 0.2) is 42.5 Å². The van der Waals surface area contributed by atoms with Crippen LogP contribution in [0.25, 0.3) is 0 Å². The summed E-state index contributed by atoms with van der Waals surface area (Å²) in [5.74, 6) is -0.908. The Balaban J connectivity index is 1.81. The third kappa shape index (κ3) is 4.29. The van der Waals surface area contributed by atoms with Gasteiger partial charge in [-0.2, -0.15) is 0 Å². The summed E-state index contributed by atoms with van der Waals surface area (Å²) in [5.41, 5.74) is 0.946. The maximum atomic E-state index is 13.8. The molecule has 138 valence electrons. The van der Waals surface area contributed by atoms with Gasteiger partial charge in [0.05, 0.1) is 21.2 Å². The van der Waals surface area contributed by atoms with E-state index in [2.05, 4.69) is 10.3 Å². The average molecular weight is 406 g/mol. The molecule has 0 fully saturated rings. The van der Waals surface area contributed by atoms with Gasteiger partial charge in [0.15, 0.2) is 5.13 Å². The predicted octanol–water partition coefficient (Wildman–Crippen LogP) is 5.00. The number of thiazole rings is 1. The lowest BCUT2D eigenvalue weighted by Gasteiger charge is -2.04. The topological polar surface area (TPSA) is 85.1 Å². The second kappa shape index (κ2) is 7.81. The molecular formula is C18H13ClFN3O3S. The summed E-state index contributed by atoms with van der Waals surface area (Å²) >= 11 is 7.20. The Labute approximate surface area is 162 Å². The highest BCUT2D eigenvalue weighted by molar-refractivity contribution is 7.15. The van der Waals surface area contributed by atoms with Crippen molar-refractivity contribution in [3.8, 4) is 0 Å². The quantitative estimate of drug-likeness (QED) is 0.478. The summed E-state index contributed by atoms with van der Waals surface area (Å²) in [5, 5.41) is 13.9. The number of hydrogen-bond acceptors (Lipinski definition) is 5. The van der Waals surface area contributed by atoms with E-state index in [1.165, 1.54) is 29.5 Å². The van der Waals surface area contributed by atoms with Crippen LogP contribution >= 0.6 is 22.9 Å². The predicted molar refractivity (Wildman–Crippen MR) is 102 cm³/mol. The summed E-state index contributed by atoms with van der Waals surface area (Å²) in [7, 11) is 0. The van der Waals surface area contributed by atoms with Crippen molar-refractivity contribution < 1.29 is 14.1 Å². The highest BCUT2D eigenvalue weighted by Crippen LogP contribution is 2.28. The first-order valence-corrected chi connectivity index (χ1v) is 8.99. The number of nitrogens with zero attached hydrogens (tertiary/aromatic N) is 2. The van der Waals surface area contributed by atoms with Crippen LogP contribution in [0.4, 0.5) is 15.2 Å². The maximum Gasteiger partial charge on any atom is 0.270 e. The van der Waals surface area contributed by atoms with Crippen molar-refractivity contribution in [1.29, 1.82) is 0 Å². The van der Waals surface area contributed by atoms with E-state index in [9.17, 15) is 19.3 Å². The Morgan fingerprint density at radius 3 is 2.78 bits per heavy atom. The summed E-state index contributed by atoms with van der Waals surface area (Å²) in [4.78, 5) is 27.8. The van der Waals surface area contributed by atoms with Crippen LogP contribution in [0.3, 0.4) is 0 Å². The molecule has 0 radical (unpaired) electrons. The van der Waals surface area contributed by atoms with Crippen molar-refractivity contribution in [3.05, 3.63) is 85.1 Å². The van der Waals surface area contributed by atoms with Gasteiger partial charge in [-0.25, -0.2) is 9.37 Å². The van der Waals surface area contributed by atoms with E-state index in [1.807, 2.05) is 0 Å². The number of non-ortho nitro benzene ring substituents is 1.